The second kappa shape index (κ2) is 2.25. The fourth-order valence-electron chi connectivity index (χ4n) is 0.901. The number of hydrogen-bond acceptors (Lipinski definition) is 1. The summed E-state index contributed by atoms with van der Waals surface area (Å²) >= 11 is 0. The maximum Gasteiger partial charge on any atom is 0.173 e. The number of rotatable bonds is 1. The summed E-state index contributed by atoms with van der Waals surface area (Å²) in [6, 6.07) is 2.06. The van der Waals surface area contributed by atoms with Crippen molar-refractivity contribution in [1.82, 2.24) is 9.78 Å². The van der Waals surface area contributed by atoms with Gasteiger partial charge in [-0.2, -0.15) is 5.10 Å². The lowest BCUT2D eigenvalue weighted by Gasteiger charge is -1.92. The van der Waals surface area contributed by atoms with Gasteiger partial charge in [0, 0.05) is 7.05 Å². The van der Waals surface area contributed by atoms with Crippen molar-refractivity contribution in [3.63, 3.8) is 0 Å². The summed E-state index contributed by atoms with van der Waals surface area (Å²) in [7, 11) is 3.99. The highest BCUT2D eigenvalue weighted by molar-refractivity contribution is 6.50. The van der Waals surface area contributed by atoms with Crippen LogP contribution < -0.4 is 5.59 Å². The normalized spacial score (nSPS) is 9.67. The lowest BCUT2D eigenvalue weighted by molar-refractivity contribution is 0.776. The van der Waals surface area contributed by atoms with Crippen LogP contribution in [0, 0.1) is 6.92 Å². The zero-order valence-corrected chi connectivity index (χ0v) is 6.05. The van der Waals surface area contributed by atoms with Gasteiger partial charge in [0.15, 0.2) is 7.28 Å². The Hall–Kier alpha value is -0.725. The third kappa shape index (κ3) is 1.15. The molecule has 0 amide bonds. The fourth-order valence-corrected chi connectivity index (χ4v) is 0.901. The molecule has 47 valence electrons. The summed E-state index contributed by atoms with van der Waals surface area (Å²) in [5, 5.41) is 4.17. The van der Waals surface area contributed by atoms with Crippen LogP contribution in [0.25, 0.3) is 0 Å². The van der Waals surface area contributed by atoms with Crippen molar-refractivity contribution in [2.45, 2.75) is 13.7 Å². The molecular weight excluding hydrogens is 111 g/mol. The molecule has 0 fully saturated rings. The van der Waals surface area contributed by atoms with Crippen LogP contribution in [-0.2, 0) is 7.05 Å². The summed E-state index contributed by atoms with van der Waals surface area (Å²) in [5.41, 5.74) is 2.25. The summed E-state index contributed by atoms with van der Waals surface area (Å²) in [6.45, 7) is 4.00. The average Bonchev–Trinajstić information content (AvgIpc) is 2.10. The van der Waals surface area contributed by atoms with E-state index in [4.69, 9.17) is 0 Å². The van der Waals surface area contributed by atoms with Crippen molar-refractivity contribution < 1.29 is 0 Å². The van der Waals surface area contributed by atoms with Gasteiger partial charge in [-0.3, -0.25) is 4.68 Å². The van der Waals surface area contributed by atoms with Crippen molar-refractivity contribution in [3.05, 3.63) is 11.8 Å². The number of nitrogens with zero attached hydrogens (tertiary/aromatic N) is 2. The van der Waals surface area contributed by atoms with E-state index in [-0.39, 0.29) is 0 Å². The van der Waals surface area contributed by atoms with E-state index in [2.05, 4.69) is 11.2 Å². The molecule has 1 heterocycles. The SMILES string of the molecule is C[B]c1cc(C)nn1C. The number of aryl methyl sites for hydroxylation is 2. The maximum absolute atomic E-state index is 4.17. The van der Waals surface area contributed by atoms with Crippen LogP contribution >= 0.6 is 0 Å². The van der Waals surface area contributed by atoms with Crippen molar-refractivity contribution in [3.8, 4) is 0 Å². The molecule has 0 bridgehead atoms. The molecule has 0 aromatic carbocycles. The Balaban J connectivity index is 3.01. The molecule has 0 N–H and O–H groups in total. The predicted octanol–water partition coefficient (Wildman–Crippen LogP) is 0.106. The molecule has 3 heteroatoms. The van der Waals surface area contributed by atoms with Gasteiger partial charge in [-0.1, -0.05) is 6.82 Å². The van der Waals surface area contributed by atoms with Gasteiger partial charge < -0.3 is 0 Å². The predicted molar refractivity (Wildman–Crippen MR) is 39.2 cm³/mol. The molecule has 0 saturated carbocycles. The third-order valence-electron chi connectivity index (χ3n) is 1.33. The second-order valence-corrected chi connectivity index (χ2v) is 2.12. The molecule has 1 aromatic rings. The summed E-state index contributed by atoms with van der Waals surface area (Å²) < 4.78 is 1.87. The second-order valence-electron chi connectivity index (χ2n) is 2.12. The van der Waals surface area contributed by atoms with Gasteiger partial charge in [-0.15, -0.1) is 0 Å². The van der Waals surface area contributed by atoms with E-state index in [0.717, 1.165) is 5.69 Å². The van der Waals surface area contributed by atoms with E-state index in [9.17, 15) is 0 Å². The Morgan fingerprint density at radius 1 is 1.67 bits per heavy atom. The van der Waals surface area contributed by atoms with Crippen LogP contribution in [0.2, 0.25) is 6.82 Å². The van der Waals surface area contributed by atoms with Crippen LogP contribution in [0.3, 0.4) is 0 Å². The third-order valence-corrected chi connectivity index (χ3v) is 1.33. The summed E-state index contributed by atoms with van der Waals surface area (Å²) in [4.78, 5) is 0. The largest absolute Gasteiger partial charge is 0.282 e. The van der Waals surface area contributed by atoms with E-state index in [1.807, 2.05) is 32.8 Å². The lowest BCUT2D eigenvalue weighted by Crippen LogP contribution is -2.19. The van der Waals surface area contributed by atoms with Crippen LogP contribution in [-0.4, -0.2) is 17.1 Å². The van der Waals surface area contributed by atoms with Crippen LogP contribution in [0.15, 0.2) is 6.07 Å². The minimum atomic E-state index is 1.07. The van der Waals surface area contributed by atoms with Gasteiger partial charge in [0.05, 0.1) is 5.69 Å². The zero-order valence-electron chi connectivity index (χ0n) is 6.05. The molecule has 0 spiro atoms. The first-order valence-corrected chi connectivity index (χ1v) is 3.04. The zero-order chi connectivity index (χ0) is 6.85. The first kappa shape index (κ1) is 6.40. The maximum atomic E-state index is 4.17. The molecule has 0 aliphatic rings. The van der Waals surface area contributed by atoms with Crippen LogP contribution in [0.4, 0.5) is 0 Å². The van der Waals surface area contributed by atoms with E-state index in [1.165, 1.54) is 5.59 Å². The van der Waals surface area contributed by atoms with Gasteiger partial charge in [0.25, 0.3) is 0 Å². The highest BCUT2D eigenvalue weighted by atomic mass is 15.3. The molecular formula is C6H10BN2. The smallest absolute Gasteiger partial charge is 0.173 e. The molecule has 0 saturated heterocycles. The van der Waals surface area contributed by atoms with Crippen molar-refractivity contribution in [2.24, 2.45) is 7.05 Å². The topological polar surface area (TPSA) is 17.8 Å². The van der Waals surface area contributed by atoms with E-state index >= 15 is 0 Å². The number of hydrogen-bond donors (Lipinski definition) is 0. The fraction of sp³-hybridized carbons (Fsp3) is 0.500. The molecule has 0 aliphatic heterocycles. The Morgan fingerprint density at radius 2 is 2.33 bits per heavy atom. The summed E-state index contributed by atoms with van der Waals surface area (Å²) in [5.74, 6) is 0. The standard InChI is InChI=1S/C6H10BN2/c1-5-4-6(7-2)9(3)8-5/h4H,1-3H3. The van der Waals surface area contributed by atoms with Gasteiger partial charge in [-0.25, -0.2) is 0 Å². The lowest BCUT2D eigenvalue weighted by atomic mass is 9.78. The van der Waals surface area contributed by atoms with Crippen molar-refractivity contribution in [2.75, 3.05) is 0 Å². The molecule has 1 radical (unpaired) electrons. The molecule has 9 heavy (non-hydrogen) atoms. The van der Waals surface area contributed by atoms with Gasteiger partial charge in [0.2, 0.25) is 0 Å². The Labute approximate surface area is 56.1 Å². The Kier molecular flexibility index (Phi) is 1.60. The summed E-state index contributed by atoms with van der Waals surface area (Å²) in [6.07, 6.45) is 0. The average molecular weight is 121 g/mol. The first-order chi connectivity index (χ1) is 4.24. The molecule has 0 atom stereocenters. The molecule has 1 aromatic heterocycles. The molecule has 0 unspecified atom stereocenters. The molecule has 1 rings (SSSR count). The minimum absolute atomic E-state index is 1.07. The monoisotopic (exact) mass is 121 g/mol. The first-order valence-electron chi connectivity index (χ1n) is 3.04. The quantitative estimate of drug-likeness (QED) is 0.482. The molecule has 2 nitrogen and oxygen atoms in total. The van der Waals surface area contributed by atoms with E-state index in [0.29, 0.717) is 0 Å². The minimum Gasteiger partial charge on any atom is -0.282 e. The van der Waals surface area contributed by atoms with Crippen molar-refractivity contribution in [1.29, 1.82) is 0 Å². The van der Waals surface area contributed by atoms with Gasteiger partial charge in [0.1, 0.15) is 0 Å². The number of aromatic nitrogens is 2. The van der Waals surface area contributed by atoms with Crippen LogP contribution in [0.5, 0.6) is 0 Å². The van der Waals surface area contributed by atoms with E-state index in [1.54, 1.807) is 0 Å². The van der Waals surface area contributed by atoms with Crippen molar-refractivity contribution >= 4 is 12.9 Å². The highest BCUT2D eigenvalue weighted by Crippen LogP contribution is 1.85. The van der Waals surface area contributed by atoms with E-state index < -0.39 is 0 Å². The van der Waals surface area contributed by atoms with Crippen LogP contribution in [0.1, 0.15) is 5.69 Å². The Morgan fingerprint density at radius 3 is 2.56 bits per heavy atom. The molecule has 0 aliphatic carbocycles. The van der Waals surface area contributed by atoms with Gasteiger partial charge >= 0.3 is 0 Å². The van der Waals surface area contributed by atoms with Gasteiger partial charge in [-0.05, 0) is 18.6 Å². The highest BCUT2D eigenvalue weighted by Gasteiger charge is 1.97. The Bertz CT molecular complexity index is 205.